The Labute approximate surface area is 192 Å². The molecule has 2 N–H and O–H groups in total. The number of carbonyl (C=O) groups is 1. The highest BCUT2D eigenvalue weighted by atomic mass is 35.5. The molecule has 3 aromatic rings. The average Bonchev–Trinajstić information content (AvgIpc) is 2.77. The monoisotopic (exact) mass is 461 g/mol. The number of phenols is 1. The van der Waals surface area contributed by atoms with Crippen molar-refractivity contribution >= 4 is 29.3 Å². The molecule has 0 aliphatic heterocycles. The molecule has 2 aromatic carbocycles. The van der Waals surface area contributed by atoms with Gasteiger partial charge in [-0.2, -0.15) is 0 Å². The first-order valence-electron chi connectivity index (χ1n) is 10.1. The van der Waals surface area contributed by atoms with Gasteiger partial charge in [0.05, 0.1) is 19.8 Å². The summed E-state index contributed by atoms with van der Waals surface area (Å²) in [7, 11) is 2.95. The minimum Gasteiger partial charge on any atom is -0.507 e. The number of aryl methyl sites for hydroxylation is 1. The largest absolute Gasteiger partial charge is 0.507 e. The van der Waals surface area contributed by atoms with E-state index in [0.717, 1.165) is 28.7 Å². The van der Waals surface area contributed by atoms with Gasteiger partial charge in [-0.15, -0.1) is 12.4 Å². The molecule has 1 aromatic heterocycles. The van der Waals surface area contributed by atoms with E-state index in [1.807, 2.05) is 31.2 Å². The second-order valence-electron chi connectivity index (χ2n) is 7.28. The van der Waals surface area contributed by atoms with Crippen LogP contribution in [0.15, 0.2) is 45.6 Å². The smallest absolute Gasteiger partial charge is 0.339 e. The van der Waals surface area contributed by atoms with Gasteiger partial charge in [0.2, 0.25) is 0 Å². The van der Waals surface area contributed by atoms with Crippen LogP contribution in [0.2, 0.25) is 0 Å². The first-order chi connectivity index (χ1) is 14.9. The van der Waals surface area contributed by atoms with E-state index in [1.54, 1.807) is 19.2 Å². The number of esters is 1. The zero-order valence-corrected chi connectivity index (χ0v) is 19.2. The fourth-order valence-corrected chi connectivity index (χ4v) is 3.53. The van der Waals surface area contributed by atoms with Crippen molar-refractivity contribution in [3.8, 4) is 11.5 Å². The van der Waals surface area contributed by atoms with E-state index in [9.17, 15) is 14.7 Å². The van der Waals surface area contributed by atoms with E-state index in [0.29, 0.717) is 29.8 Å². The van der Waals surface area contributed by atoms with E-state index in [4.69, 9.17) is 9.15 Å². The zero-order valence-electron chi connectivity index (χ0n) is 18.4. The standard InChI is InChI=1S/C24H27NO6.ClH/c1-15-18-8-10-21(26)20(14-25-13-12-16-4-6-17(29-2)7-5-16)23(18)31-24(28)19(15)9-11-22(27)30-3;/h4-8,10,25-26H,9,11-14H2,1-3H3;1H. The van der Waals surface area contributed by atoms with Crippen LogP contribution in [-0.4, -0.2) is 31.8 Å². The van der Waals surface area contributed by atoms with Crippen molar-refractivity contribution in [2.24, 2.45) is 0 Å². The Kier molecular flexibility index (Phi) is 9.11. The number of halogens is 1. The molecule has 7 nitrogen and oxygen atoms in total. The zero-order chi connectivity index (χ0) is 22.4. The van der Waals surface area contributed by atoms with Crippen molar-refractivity contribution in [3.05, 3.63) is 69.1 Å². The van der Waals surface area contributed by atoms with Crippen LogP contribution in [0.25, 0.3) is 11.0 Å². The molecule has 0 fully saturated rings. The van der Waals surface area contributed by atoms with E-state index in [-0.39, 0.29) is 37.0 Å². The Morgan fingerprint density at radius 3 is 2.44 bits per heavy atom. The molecule has 32 heavy (non-hydrogen) atoms. The van der Waals surface area contributed by atoms with Gasteiger partial charge < -0.3 is 24.3 Å². The molecule has 0 radical (unpaired) electrons. The summed E-state index contributed by atoms with van der Waals surface area (Å²) in [5, 5.41) is 14.4. The van der Waals surface area contributed by atoms with E-state index < -0.39 is 5.63 Å². The van der Waals surface area contributed by atoms with Gasteiger partial charge in [0.15, 0.2) is 0 Å². The predicted octanol–water partition coefficient (Wildman–Crippen LogP) is 3.68. The molecule has 0 amide bonds. The summed E-state index contributed by atoms with van der Waals surface area (Å²) >= 11 is 0. The number of phenolic OH excluding ortho intramolecular Hbond substituents is 1. The van der Waals surface area contributed by atoms with Crippen LogP contribution in [0.5, 0.6) is 11.5 Å². The Bertz CT molecular complexity index is 1120. The lowest BCUT2D eigenvalue weighted by Gasteiger charge is -2.13. The molecule has 3 rings (SSSR count). The minimum absolute atomic E-state index is 0. The maximum atomic E-state index is 12.6. The first-order valence-corrected chi connectivity index (χ1v) is 10.1. The highest BCUT2D eigenvalue weighted by Crippen LogP contribution is 2.29. The third-order valence-corrected chi connectivity index (χ3v) is 5.39. The maximum Gasteiger partial charge on any atom is 0.339 e. The first kappa shape index (κ1) is 25.2. The number of hydrogen-bond acceptors (Lipinski definition) is 7. The topological polar surface area (TPSA) is 98.0 Å². The van der Waals surface area contributed by atoms with Crippen LogP contribution in [0, 0.1) is 6.92 Å². The quantitative estimate of drug-likeness (QED) is 0.285. The average molecular weight is 462 g/mol. The summed E-state index contributed by atoms with van der Waals surface area (Å²) in [5.41, 5.74) is 2.75. The lowest BCUT2D eigenvalue weighted by Crippen LogP contribution is -2.18. The summed E-state index contributed by atoms with van der Waals surface area (Å²) in [6.45, 7) is 2.86. The van der Waals surface area contributed by atoms with E-state index in [1.165, 1.54) is 7.11 Å². The van der Waals surface area contributed by atoms with Crippen LogP contribution in [0.1, 0.15) is 28.7 Å². The summed E-state index contributed by atoms with van der Waals surface area (Å²) in [6.07, 6.45) is 1.15. The molecule has 1 heterocycles. The Morgan fingerprint density at radius 2 is 1.78 bits per heavy atom. The number of hydrogen-bond donors (Lipinski definition) is 2. The maximum absolute atomic E-state index is 12.6. The van der Waals surface area contributed by atoms with Crippen LogP contribution in [0.4, 0.5) is 0 Å². The molecule has 172 valence electrons. The molecular weight excluding hydrogens is 434 g/mol. The third kappa shape index (κ3) is 5.81. The number of ether oxygens (including phenoxy) is 2. The lowest BCUT2D eigenvalue weighted by atomic mass is 10.00. The van der Waals surface area contributed by atoms with Crippen LogP contribution in [0.3, 0.4) is 0 Å². The number of nitrogens with one attached hydrogen (secondary N) is 1. The van der Waals surface area contributed by atoms with Crippen molar-refractivity contribution < 1.29 is 23.8 Å². The number of rotatable bonds is 9. The van der Waals surface area contributed by atoms with Gasteiger partial charge in [0.1, 0.15) is 17.1 Å². The molecule has 0 spiro atoms. The molecule has 0 atom stereocenters. The number of aromatic hydroxyl groups is 1. The highest BCUT2D eigenvalue weighted by molar-refractivity contribution is 5.86. The van der Waals surface area contributed by atoms with Crippen molar-refractivity contribution in [2.75, 3.05) is 20.8 Å². The van der Waals surface area contributed by atoms with Crippen LogP contribution in [-0.2, 0) is 28.9 Å². The molecule has 8 heteroatoms. The fourth-order valence-electron chi connectivity index (χ4n) is 3.53. The van der Waals surface area contributed by atoms with Crippen molar-refractivity contribution in [2.45, 2.75) is 32.7 Å². The van der Waals surface area contributed by atoms with Crippen LogP contribution >= 0.6 is 12.4 Å². The number of methoxy groups -OCH3 is 2. The summed E-state index contributed by atoms with van der Waals surface area (Å²) in [6, 6.07) is 11.2. The Hall–Kier alpha value is -3.03. The van der Waals surface area contributed by atoms with Crippen LogP contribution < -0.4 is 15.7 Å². The van der Waals surface area contributed by atoms with Gasteiger partial charge in [-0.25, -0.2) is 4.79 Å². The number of carbonyl (C=O) groups excluding carboxylic acids is 1. The molecule has 0 unspecified atom stereocenters. The Balaban J connectivity index is 0.00000363. The van der Waals surface area contributed by atoms with Gasteiger partial charge >= 0.3 is 11.6 Å². The van der Waals surface area contributed by atoms with Gasteiger partial charge in [-0.3, -0.25) is 4.79 Å². The molecule has 0 aliphatic rings. The fraction of sp³-hybridized carbons (Fsp3) is 0.333. The lowest BCUT2D eigenvalue weighted by molar-refractivity contribution is -0.140. The molecule has 0 bridgehead atoms. The molecule has 0 aliphatic carbocycles. The minimum atomic E-state index is -0.501. The van der Waals surface area contributed by atoms with Gasteiger partial charge in [-0.05, 0) is 61.7 Å². The Morgan fingerprint density at radius 1 is 1.06 bits per heavy atom. The number of fused-ring (bicyclic) bond motifs is 1. The van der Waals surface area contributed by atoms with Gasteiger partial charge in [-0.1, -0.05) is 12.1 Å². The summed E-state index contributed by atoms with van der Waals surface area (Å²) < 4.78 is 15.4. The van der Waals surface area contributed by atoms with Crippen molar-refractivity contribution in [1.29, 1.82) is 0 Å². The molecular formula is C24H28ClNO6. The second-order valence-corrected chi connectivity index (χ2v) is 7.28. The van der Waals surface area contributed by atoms with E-state index in [2.05, 4.69) is 10.1 Å². The summed E-state index contributed by atoms with van der Waals surface area (Å²) in [5.74, 6) is 0.495. The summed E-state index contributed by atoms with van der Waals surface area (Å²) in [4.78, 5) is 24.0. The van der Waals surface area contributed by atoms with Gasteiger partial charge in [0.25, 0.3) is 0 Å². The van der Waals surface area contributed by atoms with Gasteiger partial charge in [0, 0.05) is 23.9 Å². The normalized spacial score (nSPS) is 10.6. The third-order valence-electron chi connectivity index (χ3n) is 5.39. The predicted molar refractivity (Wildman–Crippen MR) is 125 cm³/mol. The highest BCUT2D eigenvalue weighted by Gasteiger charge is 2.17. The number of benzene rings is 2. The van der Waals surface area contributed by atoms with E-state index >= 15 is 0 Å². The molecule has 0 saturated heterocycles. The van der Waals surface area contributed by atoms with Crippen molar-refractivity contribution in [1.82, 2.24) is 5.32 Å². The SMILES string of the molecule is COC(=O)CCc1c(C)c2ccc(O)c(CNCCc3ccc(OC)cc3)c2oc1=O.Cl. The second kappa shape index (κ2) is 11.5. The van der Waals surface area contributed by atoms with Crippen molar-refractivity contribution in [3.63, 3.8) is 0 Å². The molecule has 0 saturated carbocycles.